The fourth-order valence-corrected chi connectivity index (χ4v) is 18.7. The van der Waals surface area contributed by atoms with Gasteiger partial charge in [-0.2, -0.15) is 0 Å². The molecule has 6 nitrogen and oxygen atoms in total. The van der Waals surface area contributed by atoms with E-state index in [1.54, 1.807) is 0 Å². The molecule has 0 aromatic heterocycles. The van der Waals surface area contributed by atoms with Crippen LogP contribution in [0.3, 0.4) is 0 Å². The molecule has 0 aliphatic carbocycles. The first-order valence-corrected chi connectivity index (χ1v) is 34.6. The highest BCUT2D eigenvalue weighted by Crippen LogP contribution is 2.60. The Labute approximate surface area is 594 Å². The molecule has 0 bridgehead atoms. The number of anilines is 15. The maximum Gasteiger partial charge on any atom is 0.252 e. The summed E-state index contributed by atoms with van der Waals surface area (Å²) in [6.07, 6.45) is 0. The average Bonchev–Trinajstić information content (AvgIpc) is 0.654. The van der Waals surface area contributed by atoms with Crippen molar-refractivity contribution >= 4 is 198 Å². The second-order valence-corrected chi connectivity index (χ2v) is 28.2. The van der Waals surface area contributed by atoms with Crippen LogP contribution in [0, 0.1) is 46.5 Å². The molecule has 7 aliphatic heterocycles. The van der Waals surface area contributed by atoms with Crippen LogP contribution in [-0.2, 0) is 0 Å². The van der Waals surface area contributed by atoms with Crippen molar-refractivity contribution in [2.24, 2.45) is 0 Å². The molecule has 0 unspecified atom stereocenters. The molecule has 17 heteroatoms. The largest absolute Gasteiger partial charge is 0.452 e. The lowest BCUT2D eigenvalue weighted by molar-refractivity contribution is 0.489. The molecule has 7 aliphatic rings. The van der Waals surface area contributed by atoms with E-state index >= 15 is 35.1 Å². The van der Waals surface area contributed by atoms with Crippen molar-refractivity contribution in [1.82, 2.24) is 0 Å². The number of benzene rings is 16. The van der Waals surface area contributed by atoms with E-state index in [0.29, 0.717) is 78.9 Å². The molecular formula is C88H44B3F8N5O. The van der Waals surface area contributed by atoms with Gasteiger partial charge in [-0.3, -0.25) is 0 Å². The van der Waals surface area contributed by atoms with Crippen molar-refractivity contribution < 1.29 is 39.9 Å². The summed E-state index contributed by atoms with van der Waals surface area (Å²) in [6, 6.07) is 78.2. The summed E-state index contributed by atoms with van der Waals surface area (Å²) in [5.41, 5.74) is 15.1. The first-order valence-electron chi connectivity index (χ1n) is 34.6. The molecule has 0 saturated heterocycles. The van der Waals surface area contributed by atoms with Crippen molar-refractivity contribution in [2.75, 3.05) is 24.5 Å². The number of rotatable bonds is 5. The Kier molecular flexibility index (Phi) is 11.6. The summed E-state index contributed by atoms with van der Waals surface area (Å²) in [7, 11) is 0. The minimum Gasteiger partial charge on any atom is -0.452 e. The standard InChI is InChI=1S/C88H44B3F8N5O/c92-53-30-54(93)35-61(34-53)100-73-26-48-16-6-4-14-46(48)22-67(73)89-69-42-70-76(43-75(69)102(63-38-57(96)32-58(97)39-63)78-29-52(28-77(100)81(78)89)45-12-2-1-3-13-45)103(64-40-59(98)33-60(99)41-64)80-44-79-82-86-83(80)91(70)72-25-51-19-9-11-21-66(51)88-85(72)104(86)84-71(24-50-18-8-10-20-65(50)87(84)105-88)90(82)68-23-47-15-5-7-17-49(47)27-74(68)101(79)62-36-55(94)31-56(95)37-62/h1-44H. The third-order valence-corrected chi connectivity index (χ3v) is 22.5. The van der Waals surface area contributed by atoms with Gasteiger partial charge in [0.1, 0.15) is 46.5 Å². The van der Waals surface area contributed by atoms with Gasteiger partial charge in [-0.1, -0.05) is 158 Å². The van der Waals surface area contributed by atoms with Crippen LogP contribution in [0.1, 0.15) is 0 Å². The highest BCUT2D eigenvalue weighted by atomic mass is 19.2. The summed E-state index contributed by atoms with van der Waals surface area (Å²) in [5, 5.41) is 6.95. The summed E-state index contributed by atoms with van der Waals surface area (Å²) < 4.78 is 140. The Hall–Kier alpha value is -13.0. The molecule has 16 aromatic rings. The molecule has 0 fully saturated rings. The van der Waals surface area contributed by atoms with E-state index in [0.717, 1.165) is 123 Å². The zero-order valence-corrected chi connectivity index (χ0v) is 54.8. The number of halogens is 8. The van der Waals surface area contributed by atoms with E-state index in [2.05, 4.69) is 71.6 Å². The summed E-state index contributed by atoms with van der Waals surface area (Å²) >= 11 is 0. The maximum absolute atomic E-state index is 17.0. The van der Waals surface area contributed by atoms with Crippen molar-refractivity contribution in [3.8, 4) is 22.6 Å². The van der Waals surface area contributed by atoms with Crippen LogP contribution >= 0.6 is 0 Å². The van der Waals surface area contributed by atoms with Gasteiger partial charge in [-0.05, 0) is 178 Å². The first kappa shape index (κ1) is 58.6. The summed E-state index contributed by atoms with van der Waals surface area (Å²) in [4.78, 5) is 9.77. The molecule has 0 N–H and O–H groups in total. The normalized spacial score (nSPS) is 14.0. The molecule has 0 atom stereocenters. The predicted octanol–water partition coefficient (Wildman–Crippen LogP) is 18.0. The van der Waals surface area contributed by atoms with Gasteiger partial charge in [-0.15, -0.1) is 0 Å². The Morgan fingerprint density at radius 1 is 0.219 bits per heavy atom. The second-order valence-electron chi connectivity index (χ2n) is 28.2. The molecule has 0 amide bonds. The van der Waals surface area contributed by atoms with Crippen LogP contribution in [0.2, 0.25) is 0 Å². The quantitative estimate of drug-likeness (QED) is 0.126. The topological polar surface area (TPSA) is 25.4 Å². The fourth-order valence-electron chi connectivity index (χ4n) is 18.7. The number of hydrogen-bond donors (Lipinski definition) is 0. The van der Waals surface area contributed by atoms with Gasteiger partial charge in [0, 0.05) is 86.2 Å². The van der Waals surface area contributed by atoms with Crippen LogP contribution in [-0.4, -0.2) is 20.1 Å². The number of nitrogens with zero attached hydrogens (tertiary/aromatic N) is 5. The van der Waals surface area contributed by atoms with Gasteiger partial charge >= 0.3 is 0 Å². The van der Waals surface area contributed by atoms with E-state index in [9.17, 15) is 0 Å². The minimum absolute atomic E-state index is 0.0770. The van der Waals surface area contributed by atoms with Gasteiger partial charge in [0.15, 0.2) is 11.5 Å². The lowest BCUT2D eigenvalue weighted by atomic mass is 9.27. The summed E-state index contributed by atoms with van der Waals surface area (Å²) in [5.74, 6) is -5.54. The van der Waals surface area contributed by atoms with Crippen LogP contribution < -0.4 is 78.4 Å². The molecule has 492 valence electrons. The van der Waals surface area contributed by atoms with Gasteiger partial charge in [0.25, 0.3) is 20.1 Å². The molecule has 105 heavy (non-hydrogen) atoms. The van der Waals surface area contributed by atoms with Crippen molar-refractivity contribution in [1.29, 1.82) is 0 Å². The van der Waals surface area contributed by atoms with E-state index in [4.69, 9.17) is 4.74 Å². The third kappa shape index (κ3) is 8.06. The smallest absolute Gasteiger partial charge is 0.252 e. The van der Waals surface area contributed by atoms with E-state index < -0.39 is 66.7 Å². The van der Waals surface area contributed by atoms with Crippen LogP contribution in [0.25, 0.3) is 54.2 Å². The molecule has 0 spiro atoms. The number of ether oxygens (including phenoxy) is 1. The third-order valence-electron chi connectivity index (χ3n) is 22.5. The Balaban J connectivity index is 0.907. The van der Waals surface area contributed by atoms with Crippen LogP contribution in [0.4, 0.5) is 120 Å². The van der Waals surface area contributed by atoms with Gasteiger partial charge in [-0.25, -0.2) is 35.1 Å². The van der Waals surface area contributed by atoms with E-state index in [-0.39, 0.29) is 22.7 Å². The average molecular weight is 1370 g/mol. The molecular weight excluding hydrogens is 1330 g/mol. The Bertz CT molecular complexity index is 6660. The van der Waals surface area contributed by atoms with Crippen LogP contribution in [0.5, 0.6) is 11.5 Å². The summed E-state index contributed by atoms with van der Waals surface area (Å²) in [6.45, 7) is -2.15. The second kappa shape index (κ2) is 20.9. The SMILES string of the molecule is Fc1cc(F)cc(N2c3cc4c(cc3B3c5cc6ccccc6cc5N(c5cc(F)cc(F)c5)c5cc(-c6ccccc6)cc2c53)B2c3cc5ccccc5c5c3N3c6c2c(cc2c6B(c6cc7ccccc7cc6N2c2cc(F)cc(F)c2)c2cc6ccccc6c(c23)O5)N4c2cc(F)cc(F)c2)c1. The van der Waals surface area contributed by atoms with Crippen LogP contribution in [0.15, 0.2) is 267 Å². The predicted molar refractivity (Wildman–Crippen MR) is 409 cm³/mol. The lowest BCUT2D eigenvalue weighted by Gasteiger charge is -2.53. The Morgan fingerprint density at radius 2 is 0.524 bits per heavy atom. The van der Waals surface area contributed by atoms with Gasteiger partial charge in [0.2, 0.25) is 0 Å². The van der Waals surface area contributed by atoms with E-state index in [1.165, 1.54) is 48.5 Å². The molecule has 0 saturated carbocycles. The maximum atomic E-state index is 17.0. The molecule has 7 heterocycles. The van der Waals surface area contributed by atoms with Crippen molar-refractivity contribution in [2.45, 2.75) is 0 Å². The zero-order chi connectivity index (χ0) is 69.8. The fraction of sp³-hybridized carbons (Fsp3) is 0. The molecule has 0 radical (unpaired) electrons. The monoisotopic (exact) mass is 1370 g/mol. The van der Waals surface area contributed by atoms with E-state index in [1.807, 2.05) is 147 Å². The Morgan fingerprint density at radius 3 is 0.924 bits per heavy atom. The van der Waals surface area contributed by atoms with Crippen molar-refractivity contribution in [3.63, 3.8) is 0 Å². The number of hydrogen-bond acceptors (Lipinski definition) is 6. The first-order chi connectivity index (χ1) is 51.3. The molecule has 16 aromatic carbocycles. The van der Waals surface area contributed by atoms with Crippen molar-refractivity contribution in [3.05, 3.63) is 313 Å². The molecule has 23 rings (SSSR count). The lowest BCUT2D eigenvalue weighted by Crippen LogP contribution is -2.69. The van der Waals surface area contributed by atoms with Gasteiger partial charge < -0.3 is 29.2 Å². The van der Waals surface area contributed by atoms with Gasteiger partial charge in [0.05, 0.1) is 34.1 Å². The zero-order valence-electron chi connectivity index (χ0n) is 54.8. The number of fused-ring (bicyclic) bond motifs is 16. The minimum atomic E-state index is -0.877. The highest BCUT2D eigenvalue weighted by molar-refractivity contribution is 7.06. The highest BCUT2D eigenvalue weighted by Gasteiger charge is 2.56.